The third-order valence-corrected chi connectivity index (χ3v) is 3.99. The number of aromatic nitrogens is 1. The van der Waals surface area contributed by atoms with Crippen molar-refractivity contribution in [3.8, 4) is 0 Å². The summed E-state index contributed by atoms with van der Waals surface area (Å²) in [5.41, 5.74) is 1.68. The quantitative estimate of drug-likeness (QED) is 0.851. The van der Waals surface area contributed by atoms with Crippen molar-refractivity contribution in [1.82, 2.24) is 10.3 Å². The van der Waals surface area contributed by atoms with E-state index in [4.69, 9.17) is 5.11 Å². The Labute approximate surface area is 136 Å². The van der Waals surface area contributed by atoms with Crippen LogP contribution in [0.1, 0.15) is 41.2 Å². The standard InChI is InChI=1S/C17H16F2N2O3/c18-15(19)8-14(17(23)24)21-16(22)11-7-13(9-5-6-9)20-12-4-2-1-3-10(11)12/h1-4,7,9,14-15H,5-6,8H2,(H,21,22)(H,23,24). The summed E-state index contributed by atoms with van der Waals surface area (Å²) in [7, 11) is 0. The predicted molar refractivity (Wildman–Crippen MR) is 83.2 cm³/mol. The van der Waals surface area contributed by atoms with Crippen molar-refractivity contribution in [1.29, 1.82) is 0 Å². The maximum Gasteiger partial charge on any atom is 0.326 e. The molecular formula is C17H16F2N2O3. The number of halogens is 2. The summed E-state index contributed by atoms with van der Waals surface area (Å²) < 4.78 is 25.0. The molecule has 3 rings (SSSR count). The molecule has 5 nitrogen and oxygen atoms in total. The molecule has 0 aliphatic heterocycles. The van der Waals surface area contributed by atoms with Crippen molar-refractivity contribution in [2.24, 2.45) is 0 Å². The number of carbonyl (C=O) groups is 2. The highest BCUT2D eigenvalue weighted by atomic mass is 19.3. The molecule has 1 amide bonds. The fourth-order valence-corrected chi connectivity index (χ4v) is 2.61. The van der Waals surface area contributed by atoms with Gasteiger partial charge in [-0.15, -0.1) is 0 Å². The SMILES string of the molecule is O=C(NC(CC(F)F)C(=O)O)c1cc(C2CC2)nc2ccccc12. The normalized spacial score (nSPS) is 15.5. The molecule has 0 radical (unpaired) electrons. The van der Waals surface area contributed by atoms with E-state index in [2.05, 4.69) is 10.3 Å². The molecule has 0 bridgehead atoms. The van der Waals surface area contributed by atoms with E-state index in [1.807, 2.05) is 0 Å². The van der Waals surface area contributed by atoms with Gasteiger partial charge in [0.05, 0.1) is 11.1 Å². The van der Waals surface area contributed by atoms with Crippen LogP contribution in [0.2, 0.25) is 0 Å². The van der Waals surface area contributed by atoms with E-state index in [0.29, 0.717) is 16.8 Å². The number of carbonyl (C=O) groups excluding carboxylic acids is 1. The zero-order chi connectivity index (χ0) is 17.3. The molecule has 1 aromatic heterocycles. The number of rotatable bonds is 6. The molecule has 2 aromatic rings. The Morgan fingerprint density at radius 3 is 2.62 bits per heavy atom. The van der Waals surface area contributed by atoms with Crippen LogP contribution in [-0.2, 0) is 4.79 Å². The molecule has 126 valence electrons. The van der Waals surface area contributed by atoms with Crippen LogP contribution >= 0.6 is 0 Å². The molecule has 0 saturated heterocycles. The minimum absolute atomic E-state index is 0.267. The van der Waals surface area contributed by atoms with E-state index in [1.54, 1.807) is 30.3 Å². The highest BCUT2D eigenvalue weighted by Crippen LogP contribution is 2.40. The van der Waals surface area contributed by atoms with Crippen LogP contribution in [0.4, 0.5) is 8.78 Å². The fraction of sp³-hybridized carbons (Fsp3) is 0.353. The average Bonchev–Trinajstić information content (AvgIpc) is 3.37. The maximum atomic E-state index is 12.5. The smallest absolute Gasteiger partial charge is 0.326 e. The van der Waals surface area contributed by atoms with Crippen molar-refractivity contribution < 1.29 is 23.5 Å². The minimum atomic E-state index is -2.82. The molecule has 1 saturated carbocycles. The summed E-state index contributed by atoms with van der Waals surface area (Å²) in [6, 6.07) is 7.02. The Hall–Kier alpha value is -2.57. The average molecular weight is 334 g/mol. The second-order valence-corrected chi connectivity index (χ2v) is 5.88. The van der Waals surface area contributed by atoms with Gasteiger partial charge in [-0.25, -0.2) is 13.6 Å². The van der Waals surface area contributed by atoms with Crippen molar-refractivity contribution >= 4 is 22.8 Å². The monoisotopic (exact) mass is 334 g/mol. The number of amides is 1. The van der Waals surface area contributed by atoms with Crippen LogP contribution in [0.3, 0.4) is 0 Å². The first-order valence-electron chi connectivity index (χ1n) is 7.67. The van der Waals surface area contributed by atoms with Gasteiger partial charge >= 0.3 is 5.97 Å². The lowest BCUT2D eigenvalue weighted by Crippen LogP contribution is -2.42. The van der Waals surface area contributed by atoms with Crippen molar-refractivity contribution in [3.05, 3.63) is 41.6 Å². The Morgan fingerprint density at radius 1 is 1.29 bits per heavy atom. The molecule has 7 heteroatoms. The van der Waals surface area contributed by atoms with E-state index in [1.165, 1.54) is 0 Å². The zero-order valence-corrected chi connectivity index (χ0v) is 12.7. The first-order valence-corrected chi connectivity index (χ1v) is 7.67. The molecule has 1 aliphatic carbocycles. The second-order valence-electron chi connectivity index (χ2n) is 5.88. The summed E-state index contributed by atoms with van der Waals surface area (Å²) in [4.78, 5) is 28.1. The van der Waals surface area contributed by atoms with Crippen LogP contribution in [0.15, 0.2) is 30.3 Å². The number of nitrogens with one attached hydrogen (secondary N) is 1. The summed E-state index contributed by atoms with van der Waals surface area (Å²) in [5, 5.41) is 11.8. The van der Waals surface area contributed by atoms with Gasteiger partial charge < -0.3 is 10.4 Å². The summed E-state index contributed by atoms with van der Waals surface area (Å²) >= 11 is 0. The van der Waals surface area contributed by atoms with Gasteiger partial charge in [0, 0.05) is 23.4 Å². The molecule has 1 unspecified atom stereocenters. The number of carboxylic acid groups (broad SMARTS) is 1. The fourth-order valence-electron chi connectivity index (χ4n) is 2.61. The summed E-state index contributed by atoms with van der Waals surface area (Å²) in [6.45, 7) is 0. The Kier molecular flexibility index (Phi) is 4.42. The van der Waals surface area contributed by atoms with Crippen molar-refractivity contribution in [3.63, 3.8) is 0 Å². The third-order valence-electron chi connectivity index (χ3n) is 3.99. The number of fused-ring (bicyclic) bond motifs is 1. The van der Waals surface area contributed by atoms with Gasteiger partial charge in [-0.2, -0.15) is 0 Å². The molecular weight excluding hydrogens is 318 g/mol. The molecule has 1 heterocycles. The molecule has 2 N–H and O–H groups in total. The second kappa shape index (κ2) is 6.51. The van der Waals surface area contributed by atoms with Crippen LogP contribution in [0.5, 0.6) is 0 Å². The first-order chi connectivity index (χ1) is 11.5. The predicted octanol–water partition coefficient (Wildman–Crippen LogP) is 2.95. The van der Waals surface area contributed by atoms with E-state index < -0.39 is 30.8 Å². The van der Waals surface area contributed by atoms with Gasteiger partial charge in [-0.1, -0.05) is 18.2 Å². The van der Waals surface area contributed by atoms with Gasteiger partial charge in [0.15, 0.2) is 0 Å². The van der Waals surface area contributed by atoms with Gasteiger partial charge in [-0.05, 0) is 25.0 Å². The summed E-state index contributed by atoms with van der Waals surface area (Å²) in [5.74, 6) is -1.86. The van der Waals surface area contributed by atoms with Crippen LogP contribution in [0, 0.1) is 0 Å². The van der Waals surface area contributed by atoms with Crippen LogP contribution in [0.25, 0.3) is 10.9 Å². The number of hydrogen-bond acceptors (Lipinski definition) is 3. The highest BCUT2D eigenvalue weighted by Gasteiger charge is 2.29. The van der Waals surface area contributed by atoms with E-state index in [0.717, 1.165) is 18.5 Å². The Balaban J connectivity index is 1.94. The number of nitrogens with zero attached hydrogens (tertiary/aromatic N) is 1. The Morgan fingerprint density at radius 2 is 2.00 bits per heavy atom. The molecule has 1 atom stereocenters. The molecule has 1 aromatic carbocycles. The lowest BCUT2D eigenvalue weighted by atomic mass is 10.0. The van der Waals surface area contributed by atoms with E-state index in [9.17, 15) is 18.4 Å². The number of pyridine rings is 1. The van der Waals surface area contributed by atoms with Crippen LogP contribution < -0.4 is 5.32 Å². The number of aliphatic carboxylic acids is 1. The molecule has 1 fully saturated rings. The maximum absolute atomic E-state index is 12.5. The highest BCUT2D eigenvalue weighted by molar-refractivity contribution is 6.07. The largest absolute Gasteiger partial charge is 0.480 e. The number of carboxylic acids is 1. The van der Waals surface area contributed by atoms with Gasteiger partial charge in [0.25, 0.3) is 5.91 Å². The topological polar surface area (TPSA) is 79.3 Å². The summed E-state index contributed by atoms with van der Waals surface area (Å²) in [6.07, 6.45) is -1.76. The van der Waals surface area contributed by atoms with Gasteiger partial charge in [-0.3, -0.25) is 9.78 Å². The third kappa shape index (κ3) is 3.50. The first kappa shape index (κ1) is 16.3. The van der Waals surface area contributed by atoms with Gasteiger partial charge in [0.1, 0.15) is 6.04 Å². The molecule has 0 spiro atoms. The number of benzene rings is 1. The Bertz CT molecular complexity index is 790. The van der Waals surface area contributed by atoms with Gasteiger partial charge in [0.2, 0.25) is 6.43 Å². The zero-order valence-electron chi connectivity index (χ0n) is 12.7. The number of hydrogen-bond donors (Lipinski definition) is 2. The van der Waals surface area contributed by atoms with Crippen molar-refractivity contribution in [2.45, 2.75) is 37.6 Å². The molecule has 1 aliphatic rings. The number of para-hydroxylation sites is 1. The minimum Gasteiger partial charge on any atom is -0.480 e. The van der Waals surface area contributed by atoms with E-state index in [-0.39, 0.29) is 5.56 Å². The lowest BCUT2D eigenvalue weighted by Gasteiger charge is -2.15. The lowest BCUT2D eigenvalue weighted by molar-refractivity contribution is -0.140. The van der Waals surface area contributed by atoms with Crippen molar-refractivity contribution in [2.75, 3.05) is 0 Å². The number of alkyl halides is 2. The molecule has 24 heavy (non-hydrogen) atoms. The van der Waals surface area contributed by atoms with E-state index >= 15 is 0 Å². The van der Waals surface area contributed by atoms with Crippen LogP contribution in [-0.4, -0.2) is 34.4 Å².